The summed E-state index contributed by atoms with van der Waals surface area (Å²) >= 11 is 0. The molecule has 22 heavy (non-hydrogen) atoms. The second-order valence-electron chi connectivity index (χ2n) is 5.20. The highest BCUT2D eigenvalue weighted by Crippen LogP contribution is 2.30. The molecule has 110 valence electrons. The van der Waals surface area contributed by atoms with Crippen LogP contribution in [0.15, 0.2) is 48.5 Å². The van der Waals surface area contributed by atoms with Crippen molar-refractivity contribution in [1.82, 2.24) is 4.98 Å². The second-order valence-corrected chi connectivity index (χ2v) is 5.20. The molecule has 0 fully saturated rings. The van der Waals surface area contributed by atoms with Crippen molar-refractivity contribution in [3.05, 3.63) is 65.4 Å². The quantitative estimate of drug-likeness (QED) is 0.726. The maximum Gasteiger partial charge on any atom is 0.172 e. The van der Waals surface area contributed by atoms with Gasteiger partial charge < -0.3 is 10.2 Å². The predicted molar refractivity (Wildman–Crippen MR) is 84.3 cm³/mol. The molecule has 3 aromatic rings. The van der Waals surface area contributed by atoms with Crippen molar-refractivity contribution in [1.29, 1.82) is 0 Å². The first-order chi connectivity index (χ1) is 10.6. The molecular formula is C18H15NO3. The summed E-state index contributed by atoms with van der Waals surface area (Å²) in [5.41, 5.74) is 1.98. The molecule has 0 spiro atoms. The second kappa shape index (κ2) is 5.48. The Morgan fingerprint density at radius 2 is 1.82 bits per heavy atom. The van der Waals surface area contributed by atoms with E-state index in [2.05, 4.69) is 4.98 Å². The fourth-order valence-corrected chi connectivity index (χ4v) is 2.38. The van der Waals surface area contributed by atoms with Crippen LogP contribution in [-0.2, 0) is 6.42 Å². The van der Waals surface area contributed by atoms with E-state index in [0.29, 0.717) is 11.3 Å². The van der Waals surface area contributed by atoms with Gasteiger partial charge in [-0.3, -0.25) is 9.78 Å². The number of hydrogen-bond acceptors (Lipinski definition) is 4. The van der Waals surface area contributed by atoms with Gasteiger partial charge in [0.1, 0.15) is 11.5 Å². The van der Waals surface area contributed by atoms with E-state index in [-0.39, 0.29) is 29.3 Å². The van der Waals surface area contributed by atoms with Gasteiger partial charge in [-0.15, -0.1) is 0 Å². The van der Waals surface area contributed by atoms with Crippen LogP contribution in [-0.4, -0.2) is 21.0 Å². The number of hydrogen-bond donors (Lipinski definition) is 2. The third kappa shape index (κ3) is 2.51. The van der Waals surface area contributed by atoms with E-state index in [1.165, 1.54) is 12.1 Å². The highest BCUT2D eigenvalue weighted by Gasteiger charge is 2.16. The van der Waals surface area contributed by atoms with Crippen LogP contribution in [0.5, 0.6) is 11.5 Å². The fraction of sp³-hybridized carbons (Fsp3) is 0.111. The molecule has 0 aliphatic carbocycles. The zero-order chi connectivity index (χ0) is 15.7. The van der Waals surface area contributed by atoms with Gasteiger partial charge in [0.2, 0.25) is 0 Å². The minimum atomic E-state index is -0.233. The molecule has 0 unspecified atom stereocenters. The summed E-state index contributed by atoms with van der Waals surface area (Å²) in [4.78, 5) is 16.8. The van der Waals surface area contributed by atoms with Crippen molar-refractivity contribution >= 4 is 16.7 Å². The van der Waals surface area contributed by atoms with Crippen molar-refractivity contribution in [2.75, 3.05) is 0 Å². The van der Waals surface area contributed by atoms with Crippen molar-refractivity contribution in [2.45, 2.75) is 13.3 Å². The van der Waals surface area contributed by atoms with E-state index in [9.17, 15) is 15.0 Å². The molecule has 3 rings (SSSR count). The van der Waals surface area contributed by atoms with Crippen LogP contribution in [0.2, 0.25) is 0 Å². The van der Waals surface area contributed by atoms with Crippen molar-refractivity contribution < 1.29 is 15.0 Å². The normalized spacial score (nSPS) is 10.8. The number of Topliss-reactive ketones (excluding diaryl/α,β-unsaturated/α-hetero) is 1. The molecular weight excluding hydrogens is 278 g/mol. The fourth-order valence-electron chi connectivity index (χ4n) is 2.38. The van der Waals surface area contributed by atoms with E-state index >= 15 is 0 Å². The van der Waals surface area contributed by atoms with Gasteiger partial charge in [-0.1, -0.05) is 24.3 Å². The number of ketones is 1. The Kier molecular flexibility index (Phi) is 3.51. The van der Waals surface area contributed by atoms with Gasteiger partial charge in [-0.25, -0.2) is 0 Å². The lowest BCUT2D eigenvalue weighted by Crippen LogP contribution is -2.06. The largest absolute Gasteiger partial charge is 0.508 e. The number of phenolic OH excluding ortho intramolecular Hbond substituents is 2. The van der Waals surface area contributed by atoms with Gasteiger partial charge in [0.05, 0.1) is 17.5 Å². The molecule has 2 N–H and O–H groups in total. The molecule has 0 radical (unpaired) electrons. The maximum absolute atomic E-state index is 12.4. The maximum atomic E-state index is 12.4. The molecule has 0 bridgehead atoms. The SMILES string of the molecule is Cc1c(O)ccc(C(=O)Cc2ccc3ccccc3n2)c1O. The molecule has 0 amide bonds. The number of benzene rings is 2. The lowest BCUT2D eigenvalue weighted by atomic mass is 10.0. The molecule has 0 aliphatic rings. The van der Waals surface area contributed by atoms with Crippen molar-refractivity contribution in [3.63, 3.8) is 0 Å². The summed E-state index contributed by atoms with van der Waals surface area (Å²) in [6, 6.07) is 14.3. The third-order valence-corrected chi connectivity index (χ3v) is 3.70. The predicted octanol–water partition coefficient (Wildman–Crippen LogP) is 3.38. The minimum absolute atomic E-state index is 0.0297. The summed E-state index contributed by atoms with van der Waals surface area (Å²) in [6.45, 7) is 1.57. The average Bonchev–Trinajstić information content (AvgIpc) is 2.52. The van der Waals surface area contributed by atoms with Gasteiger partial charge in [0.25, 0.3) is 0 Å². The van der Waals surface area contributed by atoms with E-state index in [0.717, 1.165) is 10.9 Å². The van der Waals surface area contributed by atoms with Crippen LogP contribution in [0, 0.1) is 6.92 Å². The van der Waals surface area contributed by atoms with Crippen LogP contribution in [0.1, 0.15) is 21.6 Å². The number of nitrogens with zero attached hydrogens (tertiary/aromatic N) is 1. The number of para-hydroxylation sites is 1. The molecule has 1 heterocycles. The van der Waals surface area contributed by atoms with Gasteiger partial charge >= 0.3 is 0 Å². The molecule has 2 aromatic carbocycles. The summed E-state index contributed by atoms with van der Waals surface area (Å²) in [5.74, 6) is -0.438. The molecule has 0 saturated heterocycles. The number of aromatic hydroxyl groups is 2. The Hall–Kier alpha value is -2.88. The molecule has 1 aromatic heterocycles. The lowest BCUT2D eigenvalue weighted by Gasteiger charge is -2.08. The average molecular weight is 293 g/mol. The first-order valence-corrected chi connectivity index (χ1v) is 6.95. The summed E-state index contributed by atoms with van der Waals surface area (Å²) < 4.78 is 0. The summed E-state index contributed by atoms with van der Waals surface area (Å²) in [7, 11) is 0. The van der Waals surface area contributed by atoms with E-state index < -0.39 is 0 Å². The Labute approximate surface area is 127 Å². The minimum Gasteiger partial charge on any atom is -0.508 e. The van der Waals surface area contributed by atoms with Crippen LogP contribution in [0.4, 0.5) is 0 Å². The van der Waals surface area contributed by atoms with Crippen LogP contribution in [0.3, 0.4) is 0 Å². The smallest absolute Gasteiger partial charge is 0.172 e. The Morgan fingerprint density at radius 3 is 2.64 bits per heavy atom. The van der Waals surface area contributed by atoms with Gasteiger partial charge in [0.15, 0.2) is 5.78 Å². The Bertz CT molecular complexity index is 871. The monoisotopic (exact) mass is 293 g/mol. The van der Waals surface area contributed by atoms with Gasteiger partial charge in [-0.05, 0) is 31.2 Å². The Balaban J connectivity index is 1.91. The lowest BCUT2D eigenvalue weighted by molar-refractivity contribution is 0.0989. The molecule has 0 aliphatic heterocycles. The topological polar surface area (TPSA) is 70.4 Å². The van der Waals surface area contributed by atoms with Crippen LogP contribution >= 0.6 is 0 Å². The molecule has 4 heteroatoms. The van der Waals surface area contributed by atoms with Crippen molar-refractivity contribution in [2.24, 2.45) is 0 Å². The first kappa shape index (κ1) is 14.1. The Morgan fingerprint density at radius 1 is 1.05 bits per heavy atom. The highest BCUT2D eigenvalue weighted by atomic mass is 16.3. The first-order valence-electron chi connectivity index (χ1n) is 6.95. The number of phenols is 2. The van der Waals surface area contributed by atoms with E-state index in [4.69, 9.17) is 0 Å². The van der Waals surface area contributed by atoms with E-state index in [1.54, 1.807) is 6.92 Å². The number of pyridine rings is 1. The van der Waals surface area contributed by atoms with Gasteiger partial charge in [0, 0.05) is 16.6 Å². The highest BCUT2D eigenvalue weighted by molar-refractivity contribution is 6.00. The molecule has 0 saturated carbocycles. The van der Waals surface area contributed by atoms with Crippen LogP contribution < -0.4 is 0 Å². The third-order valence-electron chi connectivity index (χ3n) is 3.70. The summed E-state index contributed by atoms with van der Waals surface area (Å²) in [6.07, 6.45) is 0.0998. The van der Waals surface area contributed by atoms with Crippen LogP contribution in [0.25, 0.3) is 10.9 Å². The van der Waals surface area contributed by atoms with E-state index in [1.807, 2.05) is 36.4 Å². The van der Waals surface area contributed by atoms with Crippen molar-refractivity contribution in [3.8, 4) is 11.5 Å². The number of aromatic nitrogens is 1. The number of rotatable bonds is 3. The number of fused-ring (bicyclic) bond motifs is 1. The summed E-state index contributed by atoms with van der Waals surface area (Å²) in [5, 5.41) is 20.5. The van der Waals surface area contributed by atoms with Gasteiger partial charge in [-0.2, -0.15) is 0 Å². The molecule has 0 atom stereocenters. The zero-order valence-corrected chi connectivity index (χ0v) is 12.1. The standard InChI is InChI=1S/C18H15NO3/c1-11-16(20)9-8-14(18(11)22)17(21)10-13-7-6-12-4-2-3-5-15(12)19-13/h2-9,20,22H,10H2,1H3. The zero-order valence-electron chi connectivity index (χ0n) is 12.1. The number of carbonyl (C=O) groups excluding carboxylic acids is 1. The molecule has 4 nitrogen and oxygen atoms in total. The number of carbonyl (C=O) groups is 1.